The molecule has 2 aliphatic heterocycles. The average Bonchev–Trinajstić information content (AvgIpc) is 3.20. The number of aromatic nitrogens is 1. The lowest BCUT2D eigenvalue weighted by atomic mass is 9.34. The van der Waals surface area contributed by atoms with Gasteiger partial charge in [0.1, 0.15) is 23.0 Å². The molecular formula is C30H20BNO2. The van der Waals surface area contributed by atoms with E-state index in [9.17, 15) is 0 Å². The van der Waals surface area contributed by atoms with Crippen molar-refractivity contribution in [3.63, 3.8) is 0 Å². The molecule has 0 saturated heterocycles. The van der Waals surface area contributed by atoms with Crippen LogP contribution in [0.15, 0.2) is 121 Å². The molecule has 4 heteroatoms. The number of para-hydroxylation sites is 3. The fraction of sp³-hybridized carbons (Fsp3) is 0. The van der Waals surface area contributed by atoms with Crippen LogP contribution in [0.25, 0.3) is 27.5 Å². The van der Waals surface area contributed by atoms with Gasteiger partial charge in [0.05, 0.1) is 16.7 Å². The Bertz CT molecular complexity index is 1660. The molecule has 160 valence electrons. The number of hydrogen-bond donors (Lipinski definition) is 0. The largest absolute Gasteiger partial charge is 0.459 e. The van der Waals surface area contributed by atoms with Crippen molar-refractivity contribution in [3.8, 4) is 22.9 Å². The van der Waals surface area contributed by atoms with Crippen molar-refractivity contribution >= 4 is 39.4 Å². The highest BCUT2D eigenvalue weighted by Crippen LogP contribution is 2.40. The summed E-state index contributed by atoms with van der Waals surface area (Å²) in [6, 6.07) is 29.4. The number of ether oxygens (including phenoxy) is 2. The summed E-state index contributed by atoms with van der Waals surface area (Å²) in [5, 5.41) is 2.44. The van der Waals surface area contributed by atoms with Crippen molar-refractivity contribution in [2.45, 2.75) is 0 Å². The number of hydrogen-bond acceptors (Lipinski definition) is 2. The number of nitrogens with zero attached hydrogens (tertiary/aromatic N) is 1. The van der Waals surface area contributed by atoms with Gasteiger partial charge in [-0.15, -0.1) is 0 Å². The van der Waals surface area contributed by atoms with E-state index >= 15 is 0 Å². The van der Waals surface area contributed by atoms with Crippen molar-refractivity contribution in [2.24, 2.45) is 0 Å². The molecule has 1 aromatic heterocycles. The highest BCUT2D eigenvalue weighted by atomic mass is 16.5. The SMILES string of the molecule is C=C/C=C1/B2c3ccccc3Oc3cc(-n4c5ccccc5c5ccccc54)cc(c32)OC1=C. The molecule has 7 rings (SSSR count). The number of benzene rings is 4. The maximum atomic E-state index is 6.47. The Balaban J connectivity index is 1.54. The molecule has 0 unspecified atom stereocenters. The maximum Gasteiger partial charge on any atom is 0.260 e. The molecule has 0 N–H and O–H groups in total. The Morgan fingerprint density at radius 2 is 1.35 bits per heavy atom. The summed E-state index contributed by atoms with van der Waals surface area (Å²) in [7, 11) is 0. The predicted octanol–water partition coefficient (Wildman–Crippen LogP) is 6.06. The molecule has 0 atom stereocenters. The lowest BCUT2D eigenvalue weighted by molar-refractivity contribution is 0.433. The lowest BCUT2D eigenvalue weighted by Gasteiger charge is -2.34. The fourth-order valence-corrected chi connectivity index (χ4v) is 5.45. The zero-order valence-corrected chi connectivity index (χ0v) is 18.5. The van der Waals surface area contributed by atoms with Gasteiger partial charge in [-0.25, -0.2) is 0 Å². The average molecular weight is 437 g/mol. The van der Waals surface area contributed by atoms with Gasteiger partial charge < -0.3 is 14.0 Å². The van der Waals surface area contributed by atoms with Crippen molar-refractivity contribution < 1.29 is 9.47 Å². The van der Waals surface area contributed by atoms with Crippen molar-refractivity contribution in [3.05, 3.63) is 121 Å². The van der Waals surface area contributed by atoms with Gasteiger partial charge in [-0.1, -0.05) is 79.9 Å². The van der Waals surface area contributed by atoms with E-state index in [-0.39, 0.29) is 6.71 Å². The minimum absolute atomic E-state index is 0.0126. The van der Waals surface area contributed by atoms with E-state index in [1.54, 1.807) is 6.08 Å². The van der Waals surface area contributed by atoms with Crippen LogP contribution in [0.4, 0.5) is 0 Å². The van der Waals surface area contributed by atoms with Crippen LogP contribution in [-0.2, 0) is 0 Å². The van der Waals surface area contributed by atoms with Crippen LogP contribution in [0.5, 0.6) is 17.2 Å². The van der Waals surface area contributed by atoms with Gasteiger partial charge in [0, 0.05) is 28.4 Å². The normalized spacial score (nSPS) is 15.1. The fourth-order valence-electron chi connectivity index (χ4n) is 5.45. The molecular weight excluding hydrogens is 417 g/mol. The third-order valence-electron chi connectivity index (χ3n) is 6.83. The molecule has 0 saturated carbocycles. The summed E-state index contributed by atoms with van der Waals surface area (Å²) in [6.45, 7) is 8.14. The summed E-state index contributed by atoms with van der Waals surface area (Å²) in [5.74, 6) is 3.08. The van der Waals surface area contributed by atoms with E-state index in [0.717, 1.165) is 50.4 Å². The van der Waals surface area contributed by atoms with E-state index in [1.165, 1.54) is 10.8 Å². The van der Waals surface area contributed by atoms with E-state index in [2.05, 4.69) is 84.5 Å². The highest BCUT2D eigenvalue weighted by Gasteiger charge is 2.41. The first-order chi connectivity index (χ1) is 16.7. The summed E-state index contributed by atoms with van der Waals surface area (Å²) < 4.78 is 15.1. The minimum Gasteiger partial charge on any atom is -0.459 e. The third kappa shape index (κ3) is 2.54. The van der Waals surface area contributed by atoms with E-state index in [4.69, 9.17) is 9.47 Å². The first kappa shape index (κ1) is 19.1. The summed E-state index contributed by atoms with van der Waals surface area (Å²) in [4.78, 5) is 0. The summed E-state index contributed by atoms with van der Waals surface area (Å²) >= 11 is 0. The summed E-state index contributed by atoms with van der Waals surface area (Å²) in [6.07, 6.45) is 3.78. The van der Waals surface area contributed by atoms with E-state index in [0.29, 0.717) is 5.76 Å². The van der Waals surface area contributed by atoms with Crippen molar-refractivity contribution in [2.75, 3.05) is 0 Å². The van der Waals surface area contributed by atoms with Gasteiger partial charge >= 0.3 is 0 Å². The quantitative estimate of drug-likeness (QED) is 0.314. The molecule has 4 aromatic carbocycles. The molecule has 2 aliphatic rings. The number of fused-ring (bicyclic) bond motifs is 5. The van der Waals surface area contributed by atoms with Gasteiger partial charge in [-0.05, 0) is 29.1 Å². The second kappa shape index (κ2) is 7.03. The van der Waals surface area contributed by atoms with E-state index in [1.807, 2.05) is 24.3 Å². The second-order valence-corrected chi connectivity index (χ2v) is 8.68. The minimum atomic E-state index is -0.0126. The van der Waals surface area contributed by atoms with Gasteiger partial charge in [-0.3, -0.25) is 0 Å². The van der Waals surface area contributed by atoms with Gasteiger partial charge in [0.2, 0.25) is 0 Å². The van der Waals surface area contributed by atoms with Crippen LogP contribution in [0.1, 0.15) is 0 Å². The Labute approximate surface area is 197 Å². The molecule has 3 nitrogen and oxygen atoms in total. The Hall–Kier alpha value is -4.44. The van der Waals surface area contributed by atoms with Crippen LogP contribution in [0.2, 0.25) is 0 Å². The van der Waals surface area contributed by atoms with Crippen LogP contribution < -0.4 is 20.4 Å². The molecule has 0 amide bonds. The highest BCUT2D eigenvalue weighted by molar-refractivity contribution is 6.94. The van der Waals surface area contributed by atoms with Gasteiger partial charge in [-0.2, -0.15) is 0 Å². The number of allylic oxidation sites excluding steroid dienone is 3. The molecule has 0 aliphatic carbocycles. The van der Waals surface area contributed by atoms with Crippen molar-refractivity contribution in [1.29, 1.82) is 0 Å². The standard InChI is InChI=1S/C30H20BNO2/c1-3-10-23-19(2)33-28-17-20(18-29-30(28)31(23)24-13-6-9-16-27(24)34-29)32-25-14-7-4-11-21(25)22-12-5-8-15-26(22)32/h3-18H,1-2H2/b23-10+. The first-order valence-electron chi connectivity index (χ1n) is 11.4. The maximum absolute atomic E-state index is 6.47. The molecule has 34 heavy (non-hydrogen) atoms. The van der Waals surface area contributed by atoms with Crippen LogP contribution in [-0.4, -0.2) is 11.3 Å². The zero-order valence-electron chi connectivity index (χ0n) is 18.5. The lowest BCUT2D eigenvalue weighted by Crippen LogP contribution is -2.51. The van der Waals surface area contributed by atoms with Gasteiger partial charge in [0.15, 0.2) is 0 Å². The second-order valence-electron chi connectivity index (χ2n) is 8.68. The first-order valence-corrected chi connectivity index (χ1v) is 11.4. The molecule has 0 radical (unpaired) electrons. The van der Waals surface area contributed by atoms with Crippen LogP contribution >= 0.6 is 0 Å². The molecule has 0 fully saturated rings. The smallest absolute Gasteiger partial charge is 0.260 e. The van der Waals surface area contributed by atoms with E-state index < -0.39 is 0 Å². The Morgan fingerprint density at radius 1 is 0.735 bits per heavy atom. The predicted molar refractivity (Wildman–Crippen MR) is 140 cm³/mol. The topological polar surface area (TPSA) is 23.4 Å². The van der Waals surface area contributed by atoms with Crippen LogP contribution in [0.3, 0.4) is 0 Å². The van der Waals surface area contributed by atoms with Crippen LogP contribution in [0, 0.1) is 0 Å². The Morgan fingerprint density at radius 3 is 2.06 bits per heavy atom. The third-order valence-corrected chi connectivity index (χ3v) is 6.83. The summed E-state index contributed by atoms with van der Waals surface area (Å²) in [5.41, 5.74) is 6.43. The molecule has 0 bridgehead atoms. The Kier molecular flexibility index (Phi) is 3.94. The monoisotopic (exact) mass is 437 g/mol. The molecule has 0 spiro atoms. The number of rotatable bonds is 2. The molecule has 5 aromatic rings. The zero-order chi connectivity index (χ0) is 22.8. The van der Waals surface area contributed by atoms with Crippen molar-refractivity contribution in [1.82, 2.24) is 4.57 Å². The molecule has 3 heterocycles. The van der Waals surface area contributed by atoms with Gasteiger partial charge in [0.25, 0.3) is 6.71 Å².